The highest BCUT2D eigenvalue weighted by molar-refractivity contribution is 7.17. The van der Waals surface area contributed by atoms with Gasteiger partial charge in [-0.3, -0.25) is 4.79 Å². The van der Waals surface area contributed by atoms with Crippen LogP contribution in [0.3, 0.4) is 0 Å². The molecule has 0 aliphatic carbocycles. The molecule has 1 N–H and O–H groups in total. The molecule has 5 nitrogen and oxygen atoms in total. The molecule has 0 unspecified atom stereocenters. The molecule has 2 aromatic heterocycles. The minimum Gasteiger partial charge on any atom is -0.465 e. The summed E-state index contributed by atoms with van der Waals surface area (Å²) in [5.41, 5.74) is 3.39. The van der Waals surface area contributed by atoms with Gasteiger partial charge in [0.25, 0.3) is 0 Å². The molecule has 2 heterocycles. The number of anilines is 1. The fourth-order valence-corrected chi connectivity index (χ4v) is 3.24. The van der Waals surface area contributed by atoms with Crippen LogP contribution in [0.15, 0.2) is 36.0 Å². The first-order valence-electron chi connectivity index (χ1n) is 7.37. The van der Waals surface area contributed by atoms with Crippen LogP contribution in [-0.2, 0) is 9.53 Å². The maximum atomic E-state index is 11.6. The largest absolute Gasteiger partial charge is 0.465 e. The third-order valence-electron chi connectivity index (χ3n) is 3.44. The van der Waals surface area contributed by atoms with Crippen molar-refractivity contribution in [3.8, 4) is 11.1 Å². The molecule has 0 aliphatic rings. The number of ether oxygens (including phenoxy) is 1. The molecule has 3 rings (SSSR count). The average molecular weight is 327 g/mol. The number of aryl methyl sites for hydroxylation is 1. The number of nitrogens with zero attached hydrogens (tertiary/aromatic N) is 2. The fourth-order valence-electron chi connectivity index (χ4n) is 2.32. The Bertz CT molecular complexity index is 827. The summed E-state index contributed by atoms with van der Waals surface area (Å²) in [6.07, 6.45) is 1.51. The molecule has 0 fully saturated rings. The predicted octanol–water partition coefficient (Wildman–Crippen LogP) is 3.64. The molecule has 6 heteroatoms. The number of fused-ring (bicyclic) bond motifs is 1. The number of esters is 1. The number of nitrogens with one attached hydrogen (secondary N) is 1. The van der Waals surface area contributed by atoms with E-state index in [-0.39, 0.29) is 12.5 Å². The molecule has 0 spiro atoms. The van der Waals surface area contributed by atoms with Crippen LogP contribution in [0.5, 0.6) is 0 Å². The van der Waals surface area contributed by atoms with E-state index >= 15 is 0 Å². The Labute approximate surface area is 138 Å². The van der Waals surface area contributed by atoms with Gasteiger partial charge in [-0.2, -0.15) is 0 Å². The first-order valence-corrected chi connectivity index (χ1v) is 8.25. The molecular formula is C17H17N3O2S. The van der Waals surface area contributed by atoms with Gasteiger partial charge in [-0.15, -0.1) is 11.3 Å². The molecule has 0 radical (unpaired) electrons. The number of carbonyl (C=O) groups is 1. The van der Waals surface area contributed by atoms with E-state index in [4.69, 9.17) is 4.74 Å². The van der Waals surface area contributed by atoms with E-state index in [0.717, 1.165) is 21.3 Å². The molecule has 0 saturated carbocycles. The van der Waals surface area contributed by atoms with Gasteiger partial charge in [-0.25, -0.2) is 9.97 Å². The van der Waals surface area contributed by atoms with E-state index in [0.29, 0.717) is 12.4 Å². The number of hydrogen-bond donors (Lipinski definition) is 1. The Kier molecular flexibility index (Phi) is 4.52. The Hall–Kier alpha value is -2.47. The van der Waals surface area contributed by atoms with Crippen LogP contribution in [0.25, 0.3) is 21.3 Å². The molecule has 1 aromatic carbocycles. The lowest BCUT2D eigenvalue weighted by Crippen LogP contribution is -2.17. The summed E-state index contributed by atoms with van der Waals surface area (Å²) in [7, 11) is 0. The van der Waals surface area contributed by atoms with Crippen LogP contribution in [0, 0.1) is 6.92 Å². The first kappa shape index (κ1) is 15.4. The van der Waals surface area contributed by atoms with Crippen LogP contribution in [0.2, 0.25) is 0 Å². The number of carbonyl (C=O) groups excluding carboxylic acids is 1. The lowest BCUT2D eigenvalue weighted by Gasteiger charge is -2.08. The highest BCUT2D eigenvalue weighted by Crippen LogP contribution is 2.36. The molecule has 118 valence electrons. The second kappa shape index (κ2) is 6.75. The molecule has 0 bridgehead atoms. The smallest absolute Gasteiger partial charge is 0.325 e. The molecule has 23 heavy (non-hydrogen) atoms. The average Bonchev–Trinajstić information content (AvgIpc) is 2.98. The van der Waals surface area contributed by atoms with Crippen molar-refractivity contribution in [1.29, 1.82) is 0 Å². The van der Waals surface area contributed by atoms with Gasteiger partial charge in [0.2, 0.25) is 0 Å². The number of hydrogen-bond acceptors (Lipinski definition) is 6. The van der Waals surface area contributed by atoms with E-state index in [2.05, 4.69) is 51.9 Å². The zero-order valence-electron chi connectivity index (χ0n) is 13.0. The van der Waals surface area contributed by atoms with Crippen molar-refractivity contribution in [3.05, 3.63) is 41.5 Å². The summed E-state index contributed by atoms with van der Waals surface area (Å²) in [5.74, 6) is 0.353. The van der Waals surface area contributed by atoms with Crippen LogP contribution >= 0.6 is 11.3 Å². The third-order valence-corrected chi connectivity index (χ3v) is 4.32. The van der Waals surface area contributed by atoms with Gasteiger partial charge in [0.15, 0.2) is 0 Å². The maximum absolute atomic E-state index is 11.6. The Balaban J connectivity index is 1.97. The van der Waals surface area contributed by atoms with E-state index < -0.39 is 0 Å². The van der Waals surface area contributed by atoms with Crippen LogP contribution < -0.4 is 5.32 Å². The third kappa shape index (κ3) is 3.32. The quantitative estimate of drug-likeness (QED) is 0.725. The van der Waals surface area contributed by atoms with Crippen molar-refractivity contribution in [2.45, 2.75) is 13.8 Å². The number of benzene rings is 1. The minimum absolute atomic E-state index is 0.0864. The van der Waals surface area contributed by atoms with Crippen molar-refractivity contribution in [1.82, 2.24) is 9.97 Å². The summed E-state index contributed by atoms with van der Waals surface area (Å²) in [6, 6.07) is 8.32. The summed E-state index contributed by atoms with van der Waals surface area (Å²) < 4.78 is 4.94. The highest BCUT2D eigenvalue weighted by Gasteiger charge is 2.13. The monoisotopic (exact) mass is 327 g/mol. The molecule has 0 amide bonds. The second-order valence-corrected chi connectivity index (χ2v) is 5.93. The van der Waals surface area contributed by atoms with Crippen molar-refractivity contribution in [2.24, 2.45) is 0 Å². The minimum atomic E-state index is -0.300. The van der Waals surface area contributed by atoms with Gasteiger partial charge in [0, 0.05) is 10.9 Å². The van der Waals surface area contributed by atoms with Crippen molar-refractivity contribution >= 4 is 33.3 Å². The number of rotatable bonds is 5. The Morgan fingerprint density at radius 3 is 2.78 bits per heavy atom. The molecule has 0 aliphatic heterocycles. The topological polar surface area (TPSA) is 64.1 Å². The summed E-state index contributed by atoms with van der Waals surface area (Å²) >= 11 is 1.56. The summed E-state index contributed by atoms with van der Waals surface area (Å²) in [5, 5.41) is 6.07. The maximum Gasteiger partial charge on any atom is 0.325 e. The second-order valence-electron chi connectivity index (χ2n) is 5.08. The van der Waals surface area contributed by atoms with Gasteiger partial charge in [-0.05, 0) is 19.4 Å². The lowest BCUT2D eigenvalue weighted by molar-refractivity contribution is -0.140. The van der Waals surface area contributed by atoms with Gasteiger partial charge < -0.3 is 10.1 Å². The predicted molar refractivity (Wildman–Crippen MR) is 92.7 cm³/mol. The molecule has 0 atom stereocenters. The van der Waals surface area contributed by atoms with E-state index in [9.17, 15) is 4.79 Å². The van der Waals surface area contributed by atoms with Crippen molar-refractivity contribution in [3.63, 3.8) is 0 Å². The molecular weight excluding hydrogens is 310 g/mol. The SMILES string of the molecule is CCOC(=O)CNc1ncnc2scc(-c3ccc(C)cc3)c12. The number of thiophene rings is 1. The standard InChI is InChI=1S/C17H17N3O2S/c1-3-22-14(21)8-18-16-15-13(9-23-17(15)20-10-19-16)12-6-4-11(2)5-7-12/h4-7,9-10H,3,8H2,1-2H3,(H,18,19,20). The van der Waals surface area contributed by atoms with Crippen molar-refractivity contribution < 1.29 is 9.53 Å². The highest BCUT2D eigenvalue weighted by atomic mass is 32.1. The van der Waals surface area contributed by atoms with E-state index in [1.54, 1.807) is 18.3 Å². The van der Waals surface area contributed by atoms with Gasteiger partial charge in [0.05, 0.1) is 12.0 Å². The lowest BCUT2D eigenvalue weighted by atomic mass is 10.0. The zero-order chi connectivity index (χ0) is 16.2. The van der Waals surface area contributed by atoms with E-state index in [1.165, 1.54) is 11.9 Å². The van der Waals surface area contributed by atoms with Crippen LogP contribution in [0.1, 0.15) is 12.5 Å². The van der Waals surface area contributed by atoms with Crippen molar-refractivity contribution in [2.75, 3.05) is 18.5 Å². The van der Waals surface area contributed by atoms with Crippen LogP contribution in [-0.4, -0.2) is 29.1 Å². The number of aromatic nitrogens is 2. The van der Waals surface area contributed by atoms with Gasteiger partial charge in [0.1, 0.15) is 23.5 Å². The summed E-state index contributed by atoms with van der Waals surface area (Å²) in [4.78, 5) is 21.1. The molecule has 0 saturated heterocycles. The van der Waals surface area contributed by atoms with Gasteiger partial charge >= 0.3 is 5.97 Å². The zero-order valence-corrected chi connectivity index (χ0v) is 13.8. The Morgan fingerprint density at radius 1 is 1.26 bits per heavy atom. The Morgan fingerprint density at radius 2 is 2.04 bits per heavy atom. The van der Waals surface area contributed by atoms with Crippen LogP contribution in [0.4, 0.5) is 5.82 Å². The fraction of sp³-hybridized carbons (Fsp3) is 0.235. The normalized spacial score (nSPS) is 10.7. The van der Waals surface area contributed by atoms with Gasteiger partial charge in [-0.1, -0.05) is 29.8 Å². The first-order chi connectivity index (χ1) is 11.2. The molecule has 3 aromatic rings. The van der Waals surface area contributed by atoms with E-state index in [1.807, 2.05) is 0 Å². The summed E-state index contributed by atoms with van der Waals surface area (Å²) in [6.45, 7) is 4.30.